The zero-order valence-electron chi connectivity index (χ0n) is 13.9. The SMILES string of the molecule is CC(C)c1ncc(C(=O)Nc2c(-c3ccccc3)ccnc2Cl)cn1. The standard InChI is InChI=1S/C19H17ClN4O/c1-12(2)18-22-10-14(11-23-18)19(25)24-16-15(8-9-21-17(16)20)13-6-4-3-5-7-13/h3-12H,1-2H3,(H,24,25). The van der Waals surface area contributed by atoms with Crippen LogP contribution in [-0.2, 0) is 0 Å². The van der Waals surface area contributed by atoms with E-state index < -0.39 is 0 Å². The van der Waals surface area contributed by atoms with Crippen LogP contribution in [0.15, 0.2) is 55.0 Å². The van der Waals surface area contributed by atoms with Gasteiger partial charge in [-0.1, -0.05) is 55.8 Å². The van der Waals surface area contributed by atoms with Gasteiger partial charge in [0.05, 0.1) is 11.3 Å². The maximum atomic E-state index is 12.6. The molecule has 0 atom stereocenters. The van der Waals surface area contributed by atoms with Crippen molar-refractivity contribution in [2.45, 2.75) is 19.8 Å². The number of carbonyl (C=O) groups is 1. The Morgan fingerprint density at radius 3 is 2.36 bits per heavy atom. The molecule has 3 rings (SSSR count). The summed E-state index contributed by atoms with van der Waals surface area (Å²) >= 11 is 6.22. The molecule has 3 aromatic rings. The molecule has 0 fully saturated rings. The molecule has 2 heterocycles. The monoisotopic (exact) mass is 352 g/mol. The fourth-order valence-electron chi connectivity index (χ4n) is 2.35. The number of nitrogens with zero attached hydrogens (tertiary/aromatic N) is 3. The van der Waals surface area contributed by atoms with Crippen molar-refractivity contribution in [3.8, 4) is 11.1 Å². The summed E-state index contributed by atoms with van der Waals surface area (Å²) in [6.07, 6.45) is 4.65. The summed E-state index contributed by atoms with van der Waals surface area (Å²) < 4.78 is 0. The number of nitrogens with one attached hydrogen (secondary N) is 1. The Labute approximate surface area is 151 Å². The van der Waals surface area contributed by atoms with Gasteiger partial charge in [0.15, 0.2) is 5.15 Å². The van der Waals surface area contributed by atoms with E-state index in [9.17, 15) is 4.79 Å². The highest BCUT2D eigenvalue weighted by atomic mass is 35.5. The largest absolute Gasteiger partial charge is 0.319 e. The third-order valence-electron chi connectivity index (χ3n) is 3.68. The van der Waals surface area contributed by atoms with E-state index in [0.29, 0.717) is 17.1 Å². The summed E-state index contributed by atoms with van der Waals surface area (Å²) in [5.41, 5.74) is 2.57. The molecule has 0 unspecified atom stereocenters. The van der Waals surface area contributed by atoms with Gasteiger partial charge in [-0.05, 0) is 11.6 Å². The van der Waals surface area contributed by atoms with Gasteiger partial charge in [0.1, 0.15) is 5.82 Å². The molecule has 0 spiro atoms. The maximum Gasteiger partial charge on any atom is 0.258 e. The van der Waals surface area contributed by atoms with Gasteiger partial charge in [-0.2, -0.15) is 0 Å². The third kappa shape index (κ3) is 3.83. The van der Waals surface area contributed by atoms with E-state index >= 15 is 0 Å². The molecule has 126 valence electrons. The second-order valence-corrected chi connectivity index (χ2v) is 6.19. The molecule has 0 aliphatic heterocycles. The number of anilines is 1. The summed E-state index contributed by atoms with van der Waals surface area (Å²) in [6.45, 7) is 3.99. The number of hydrogen-bond acceptors (Lipinski definition) is 4. The molecule has 25 heavy (non-hydrogen) atoms. The van der Waals surface area contributed by atoms with E-state index in [1.54, 1.807) is 6.20 Å². The number of amides is 1. The van der Waals surface area contributed by atoms with Gasteiger partial charge in [0.2, 0.25) is 0 Å². The van der Waals surface area contributed by atoms with E-state index in [1.807, 2.05) is 50.2 Å². The summed E-state index contributed by atoms with van der Waals surface area (Å²) in [6, 6.07) is 11.5. The van der Waals surface area contributed by atoms with Gasteiger partial charge in [-0.3, -0.25) is 4.79 Å². The highest BCUT2D eigenvalue weighted by Gasteiger charge is 2.15. The fourth-order valence-corrected chi connectivity index (χ4v) is 2.56. The second kappa shape index (κ2) is 7.40. The lowest BCUT2D eigenvalue weighted by Gasteiger charge is -2.12. The summed E-state index contributed by atoms with van der Waals surface area (Å²) in [5.74, 6) is 0.567. The minimum atomic E-state index is -0.331. The van der Waals surface area contributed by atoms with Crippen molar-refractivity contribution in [1.29, 1.82) is 0 Å². The first-order chi connectivity index (χ1) is 12.1. The van der Waals surface area contributed by atoms with Crippen molar-refractivity contribution in [2.75, 3.05) is 5.32 Å². The van der Waals surface area contributed by atoms with Crippen molar-refractivity contribution in [3.63, 3.8) is 0 Å². The number of rotatable bonds is 4. The average Bonchev–Trinajstić information content (AvgIpc) is 2.64. The number of hydrogen-bond donors (Lipinski definition) is 1. The average molecular weight is 353 g/mol. The van der Waals surface area contributed by atoms with Crippen molar-refractivity contribution in [3.05, 3.63) is 71.5 Å². The Morgan fingerprint density at radius 2 is 1.72 bits per heavy atom. The fraction of sp³-hybridized carbons (Fsp3) is 0.158. The van der Waals surface area contributed by atoms with E-state index in [2.05, 4.69) is 20.3 Å². The highest BCUT2D eigenvalue weighted by molar-refractivity contribution is 6.33. The zero-order chi connectivity index (χ0) is 17.8. The molecule has 0 aliphatic carbocycles. The highest BCUT2D eigenvalue weighted by Crippen LogP contribution is 2.32. The minimum absolute atomic E-state index is 0.203. The van der Waals surface area contributed by atoms with Crippen molar-refractivity contribution in [1.82, 2.24) is 15.0 Å². The second-order valence-electron chi connectivity index (χ2n) is 5.83. The topological polar surface area (TPSA) is 67.8 Å². The van der Waals surface area contributed by atoms with Crippen LogP contribution in [0.1, 0.15) is 35.9 Å². The first-order valence-electron chi connectivity index (χ1n) is 7.89. The number of halogens is 1. The van der Waals surface area contributed by atoms with E-state index in [0.717, 1.165) is 11.1 Å². The molecule has 6 heteroatoms. The molecule has 0 saturated carbocycles. The normalized spacial score (nSPS) is 10.7. The van der Waals surface area contributed by atoms with E-state index in [1.165, 1.54) is 12.4 Å². The quantitative estimate of drug-likeness (QED) is 0.698. The first kappa shape index (κ1) is 17.0. The van der Waals surface area contributed by atoms with Crippen LogP contribution < -0.4 is 5.32 Å². The summed E-state index contributed by atoms with van der Waals surface area (Å²) in [4.78, 5) is 25.1. The first-order valence-corrected chi connectivity index (χ1v) is 8.27. The Balaban J connectivity index is 1.91. The zero-order valence-corrected chi connectivity index (χ0v) is 14.7. The Bertz CT molecular complexity index is 880. The molecular weight excluding hydrogens is 336 g/mol. The van der Waals surface area contributed by atoms with Crippen LogP contribution in [0.3, 0.4) is 0 Å². The molecule has 0 radical (unpaired) electrons. The van der Waals surface area contributed by atoms with Gasteiger partial charge in [-0.15, -0.1) is 0 Å². The lowest BCUT2D eigenvalue weighted by Crippen LogP contribution is -2.14. The Hall–Kier alpha value is -2.79. The smallest absolute Gasteiger partial charge is 0.258 e. The molecule has 5 nitrogen and oxygen atoms in total. The predicted molar refractivity (Wildman–Crippen MR) is 98.8 cm³/mol. The Morgan fingerprint density at radius 1 is 1.04 bits per heavy atom. The number of aromatic nitrogens is 3. The maximum absolute atomic E-state index is 12.6. The lowest BCUT2D eigenvalue weighted by atomic mass is 10.1. The summed E-state index contributed by atoms with van der Waals surface area (Å²) in [7, 11) is 0. The molecule has 0 saturated heterocycles. The van der Waals surface area contributed by atoms with Crippen LogP contribution in [0, 0.1) is 0 Å². The van der Waals surface area contributed by atoms with Crippen LogP contribution >= 0.6 is 11.6 Å². The van der Waals surface area contributed by atoms with Gasteiger partial charge in [0.25, 0.3) is 5.91 Å². The van der Waals surface area contributed by atoms with Crippen molar-refractivity contribution in [2.24, 2.45) is 0 Å². The molecule has 2 aromatic heterocycles. The van der Waals surface area contributed by atoms with Gasteiger partial charge < -0.3 is 5.32 Å². The van der Waals surface area contributed by atoms with Crippen molar-refractivity contribution >= 4 is 23.2 Å². The number of carbonyl (C=O) groups excluding carboxylic acids is 1. The van der Waals surface area contributed by atoms with Gasteiger partial charge >= 0.3 is 0 Å². The molecule has 0 bridgehead atoms. The summed E-state index contributed by atoms with van der Waals surface area (Å²) in [5, 5.41) is 3.06. The van der Waals surface area contributed by atoms with Crippen LogP contribution in [-0.4, -0.2) is 20.9 Å². The Kier molecular flexibility index (Phi) is 5.05. The number of pyridine rings is 1. The third-order valence-corrected chi connectivity index (χ3v) is 3.97. The van der Waals surface area contributed by atoms with E-state index in [4.69, 9.17) is 11.6 Å². The molecule has 0 aliphatic rings. The van der Waals surface area contributed by atoms with Gasteiger partial charge in [-0.25, -0.2) is 15.0 Å². The molecule has 1 amide bonds. The van der Waals surface area contributed by atoms with Gasteiger partial charge in [0, 0.05) is 30.1 Å². The van der Waals surface area contributed by atoms with Crippen LogP contribution in [0.2, 0.25) is 5.15 Å². The predicted octanol–water partition coefficient (Wildman–Crippen LogP) is 4.57. The number of benzene rings is 1. The lowest BCUT2D eigenvalue weighted by molar-refractivity contribution is 0.102. The molecule has 1 aromatic carbocycles. The van der Waals surface area contributed by atoms with Crippen LogP contribution in [0.25, 0.3) is 11.1 Å². The van der Waals surface area contributed by atoms with Crippen molar-refractivity contribution < 1.29 is 4.79 Å². The molecule has 1 N–H and O–H groups in total. The molecular formula is C19H17ClN4O. The van der Waals surface area contributed by atoms with Crippen LogP contribution in [0.4, 0.5) is 5.69 Å². The van der Waals surface area contributed by atoms with E-state index in [-0.39, 0.29) is 17.0 Å². The van der Waals surface area contributed by atoms with Crippen LogP contribution in [0.5, 0.6) is 0 Å². The minimum Gasteiger partial charge on any atom is -0.319 e.